The summed E-state index contributed by atoms with van der Waals surface area (Å²) in [4.78, 5) is 17.4. The van der Waals surface area contributed by atoms with Crippen LogP contribution in [0.1, 0.15) is 22.5 Å². The van der Waals surface area contributed by atoms with Gasteiger partial charge in [-0.15, -0.1) is 11.3 Å². The maximum absolute atomic E-state index is 14.1. The fourth-order valence-corrected chi connectivity index (χ4v) is 4.53. The van der Waals surface area contributed by atoms with E-state index >= 15 is 0 Å². The first-order valence-corrected chi connectivity index (χ1v) is 9.87. The highest BCUT2D eigenvalue weighted by Crippen LogP contribution is 2.28. The first-order chi connectivity index (χ1) is 11.9. The predicted molar refractivity (Wildman–Crippen MR) is 105 cm³/mol. The Kier molecular flexibility index (Phi) is 5.76. The minimum atomic E-state index is -0.349. The number of anilines is 2. The second-order valence-electron chi connectivity index (χ2n) is 6.40. The molecule has 0 bridgehead atoms. The highest BCUT2D eigenvalue weighted by molar-refractivity contribution is 9.10. The van der Waals surface area contributed by atoms with Crippen LogP contribution in [0.2, 0.25) is 0 Å². The van der Waals surface area contributed by atoms with E-state index in [9.17, 15) is 9.18 Å². The molecule has 0 radical (unpaired) electrons. The zero-order chi connectivity index (χ0) is 18.0. The quantitative estimate of drug-likeness (QED) is 0.786. The zero-order valence-electron chi connectivity index (χ0n) is 14.3. The number of halogens is 2. The topological polar surface area (TPSA) is 35.6 Å². The Hall–Kier alpha value is -1.44. The molecule has 1 aromatic heterocycles. The van der Waals surface area contributed by atoms with Gasteiger partial charge in [-0.05, 0) is 78.6 Å². The molecule has 3 rings (SSSR count). The van der Waals surface area contributed by atoms with E-state index in [4.69, 9.17) is 0 Å². The Morgan fingerprint density at radius 3 is 2.72 bits per heavy atom. The fourth-order valence-electron chi connectivity index (χ4n) is 3.09. The van der Waals surface area contributed by atoms with E-state index in [1.807, 2.05) is 24.6 Å². The lowest BCUT2D eigenvalue weighted by atomic mass is 10.0. The largest absolute Gasteiger partial charge is 0.371 e. The Balaban J connectivity index is 1.76. The Morgan fingerprint density at radius 1 is 1.36 bits per heavy atom. The minimum absolute atomic E-state index is 0.236. The van der Waals surface area contributed by atoms with Crippen molar-refractivity contribution in [3.8, 4) is 0 Å². The highest BCUT2D eigenvalue weighted by Gasteiger charge is 2.22. The summed E-state index contributed by atoms with van der Waals surface area (Å²) in [6.07, 6.45) is 2.10. The minimum Gasteiger partial charge on any atom is -0.371 e. The van der Waals surface area contributed by atoms with Crippen molar-refractivity contribution in [3.05, 3.63) is 44.8 Å². The summed E-state index contributed by atoms with van der Waals surface area (Å²) in [6.45, 7) is 2.08. The van der Waals surface area contributed by atoms with Crippen LogP contribution in [-0.2, 0) is 0 Å². The fraction of sp³-hybridized carbons (Fsp3) is 0.389. The highest BCUT2D eigenvalue weighted by atomic mass is 79.9. The number of thiophene rings is 1. The molecule has 0 aliphatic carbocycles. The number of nitrogens with zero attached hydrogens (tertiary/aromatic N) is 2. The molecule has 134 valence electrons. The number of carbonyl (C=O) groups excluding carboxylic acids is 1. The molecule has 25 heavy (non-hydrogen) atoms. The molecule has 1 N–H and O–H groups in total. The smallest absolute Gasteiger partial charge is 0.266 e. The molecule has 0 unspecified atom stereocenters. The van der Waals surface area contributed by atoms with Gasteiger partial charge in [0.05, 0.1) is 0 Å². The Bertz CT molecular complexity index is 759. The molecule has 1 amide bonds. The number of piperidine rings is 1. The normalized spacial score (nSPS) is 16.0. The van der Waals surface area contributed by atoms with E-state index in [0.29, 0.717) is 16.6 Å². The summed E-state index contributed by atoms with van der Waals surface area (Å²) in [6, 6.07) is 6.92. The average Bonchev–Trinajstić information content (AvgIpc) is 3.00. The molecule has 2 aromatic rings. The van der Waals surface area contributed by atoms with Crippen LogP contribution >= 0.6 is 27.3 Å². The maximum Gasteiger partial charge on any atom is 0.266 e. The third kappa shape index (κ3) is 4.40. The summed E-state index contributed by atoms with van der Waals surface area (Å²) in [5, 5.41) is 4.63. The van der Waals surface area contributed by atoms with Gasteiger partial charge in [-0.1, -0.05) is 0 Å². The van der Waals surface area contributed by atoms with Gasteiger partial charge in [-0.3, -0.25) is 4.79 Å². The molecule has 0 atom stereocenters. The molecule has 1 aliphatic heterocycles. The third-order valence-corrected chi connectivity index (χ3v) is 6.44. The number of benzene rings is 1. The zero-order valence-corrected chi connectivity index (χ0v) is 16.7. The number of hydrogen-bond acceptors (Lipinski definition) is 4. The van der Waals surface area contributed by atoms with Gasteiger partial charge in [0.1, 0.15) is 10.7 Å². The van der Waals surface area contributed by atoms with Crippen molar-refractivity contribution in [2.24, 2.45) is 0 Å². The van der Waals surface area contributed by atoms with Crippen LogP contribution in [0.4, 0.5) is 15.8 Å². The van der Waals surface area contributed by atoms with E-state index in [2.05, 4.69) is 38.1 Å². The van der Waals surface area contributed by atoms with Crippen LogP contribution in [0, 0.1) is 5.82 Å². The van der Waals surface area contributed by atoms with Crippen LogP contribution in [0.15, 0.2) is 34.1 Å². The van der Waals surface area contributed by atoms with E-state index in [0.717, 1.165) is 36.1 Å². The maximum atomic E-state index is 14.1. The number of carbonyl (C=O) groups is 1. The molecular formula is C18H21BrFN3OS. The summed E-state index contributed by atoms with van der Waals surface area (Å²) < 4.78 is 14.8. The van der Waals surface area contributed by atoms with Gasteiger partial charge in [0.2, 0.25) is 0 Å². The lowest BCUT2D eigenvalue weighted by Gasteiger charge is -2.36. The van der Waals surface area contributed by atoms with E-state index < -0.39 is 0 Å². The van der Waals surface area contributed by atoms with Crippen molar-refractivity contribution < 1.29 is 9.18 Å². The molecule has 1 aliphatic rings. The van der Waals surface area contributed by atoms with Crippen LogP contribution in [-0.4, -0.2) is 44.0 Å². The summed E-state index contributed by atoms with van der Waals surface area (Å²) in [7, 11) is 4.11. The predicted octanol–water partition coefficient (Wildman–Crippen LogP) is 4.43. The third-order valence-electron chi connectivity index (χ3n) is 4.61. The molecule has 1 saturated heterocycles. The van der Waals surface area contributed by atoms with Gasteiger partial charge in [0.15, 0.2) is 0 Å². The molecule has 0 saturated carbocycles. The van der Waals surface area contributed by atoms with Gasteiger partial charge in [-0.25, -0.2) is 4.39 Å². The van der Waals surface area contributed by atoms with E-state index in [-0.39, 0.29) is 11.7 Å². The molecule has 1 fully saturated rings. The molecule has 2 heterocycles. The van der Waals surface area contributed by atoms with Gasteiger partial charge >= 0.3 is 0 Å². The Morgan fingerprint density at radius 2 is 2.08 bits per heavy atom. The monoisotopic (exact) mass is 425 g/mol. The van der Waals surface area contributed by atoms with Crippen LogP contribution in [0.25, 0.3) is 0 Å². The van der Waals surface area contributed by atoms with Gasteiger partial charge in [0.25, 0.3) is 5.91 Å². The van der Waals surface area contributed by atoms with Crippen molar-refractivity contribution in [2.45, 2.75) is 18.9 Å². The first-order valence-electron chi connectivity index (χ1n) is 8.20. The number of nitrogens with one attached hydrogen (secondary N) is 1. The molecule has 0 spiro atoms. The van der Waals surface area contributed by atoms with E-state index in [1.165, 1.54) is 23.5 Å². The standard InChI is InChI=1S/C18H21BrFN3OS/c1-22-6-3-14(4-7-22)23(2)15-10-12(20)9-13(11-15)21-18(24)17-16(19)5-8-25-17/h5,8-11,14H,3-4,6-7H2,1-2H3,(H,21,24). The number of rotatable bonds is 4. The molecule has 7 heteroatoms. The summed E-state index contributed by atoms with van der Waals surface area (Å²) >= 11 is 4.70. The number of amides is 1. The van der Waals surface area contributed by atoms with Crippen LogP contribution in [0.5, 0.6) is 0 Å². The van der Waals surface area contributed by atoms with Gasteiger partial charge in [0, 0.05) is 28.9 Å². The summed E-state index contributed by atoms with van der Waals surface area (Å²) in [5.74, 6) is -0.585. The molecule has 4 nitrogen and oxygen atoms in total. The molecule has 1 aromatic carbocycles. The Labute approximate surface area is 159 Å². The SMILES string of the molecule is CN1CCC(N(C)c2cc(F)cc(NC(=O)c3sccc3Br)c2)CC1. The first kappa shape index (κ1) is 18.4. The lowest BCUT2D eigenvalue weighted by molar-refractivity contribution is 0.103. The van der Waals surface area contributed by atoms with E-state index in [1.54, 1.807) is 0 Å². The second-order valence-corrected chi connectivity index (χ2v) is 8.17. The summed E-state index contributed by atoms with van der Waals surface area (Å²) in [5.41, 5.74) is 1.26. The van der Waals surface area contributed by atoms with Crippen molar-refractivity contribution in [3.63, 3.8) is 0 Å². The van der Waals surface area contributed by atoms with Gasteiger partial charge in [-0.2, -0.15) is 0 Å². The van der Waals surface area contributed by atoms with Crippen molar-refractivity contribution in [2.75, 3.05) is 37.4 Å². The number of hydrogen-bond donors (Lipinski definition) is 1. The van der Waals surface area contributed by atoms with Crippen LogP contribution in [0.3, 0.4) is 0 Å². The van der Waals surface area contributed by atoms with Crippen molar-refractivity contribution >= 4 is 44.5 Å². The number of likely N-dealkylation sites (tertiary alicyclic amines) is 1. The van der Waals surface area contributed by atoms with Crippen molar-refractivity contribution in [1.82, 2.24) is 4.90 Å². The van der Waals surface area contributed by atoms with Crippen LogP contribution < -0.4 is 10.2 Å². The van der Waals surface area contributed by atoms with Crippen molar-refractivity contribution in [1.29, 1.82) is 0 Å². The van der Waals surface area contributed by atoms with Gasteiger partial charge < -0.3 is 15.1 Å². The average molecular weight is 426 g/mol. The lowest BCUT2D eigenvalue weighted by Crippen LogP contribution is -2.42. The molecular weight excluding hydrogens is 405 g/mol. The second kappa shape index (κ2) is 7.85.